The van der Waals surface area contributed by atoms with E-state index in [2.05, 4.69) is 6.92 Å². The van der Waals surface area contributed by atoms with Crippen LogP contribution in [0.4, 0.5) is 0 Å². The average molecular weight is 83.1 g/mol. The maximum atomic E-state index is 4.90. The maximum Gasteiger partial charge on any atom is 0.0682 e. The van der Waals surface area contributed by atoms with Crippen LogP contribution < -0.4 is 0 Å². The summed E-state index contributed by atoms with van der Waals surface area (Å²) in [5.74, 6) is 0. The van der Waals surface area contributed by atoms with Gasteiger partial charge < -0.3 is 4.74 Å². The predicted octanol–water partition coefficient (Wildman–Crippen LogP) is 0.777. The molecule has 1 radical (unpaired) electrons. The molecular weight excluding hydrogens is 76.1 g/mol. The van der Waals surface area contributed by atoms with Crippen LogP contribution in [-0.4, -0.2) is 13.2 Å². The molecule has 1 heteroatoms. The zero-order valence-corrected chi connectivity index (χ0v) is 3.61. The van der Waals surface area contributed by atoms with Crippen LogP contribution in [0.2, 0.25) is 0 Å². The van der Waals surface area contributed by atoms with Gasteiger partial charge in [0.2, 0.25) is 0 Å². The molecule has 33 valence electrons. The summed E-state index contributed by atoms with van der Waals surface area (Å²) in [5.41, 5.74) is 1.11. The minimum Gasteiger partial charge on any atom is -0.373 e. The van der Waals surface area contributed by atoms with Crippen LogP contribution in [-0.2, 0) is 4.74 Å². The first-order chi connectivity index (χ1) is 2.89. The number of ether oxygens (including phenoxy) is 1. The minimum atomic E-state index is 0.736. The standard InChI is InChI=1S/C5H7O/c1-5-2-3-6-4-5/h2H,1,3-4H2. The van der Waals surface area contributed by atoms with Crippen molar-refractivity contribution < 1.29 is 4.74 Å². The molecule has 6 heavy (non-hydrogen) atoms. The van der Waals surface area contributed by atoms with E-state index in [-0.39, 0.29) is 0 Å². The van der Waals surface area contributed by atoms with Crippen molar-refractivity contribution >= 4 is 0 Å². The summed E-state index contributed by atoms with van der Waals surface area (Å²) in [7, 11) is 0. The van der Waals surface area contributed by atoms with Crippen molar-refractivity contribution in [3.8, 4) is 0 Å². The molecule has 0 bridgehead atoms. The highest BCUT2D eigenvalue weighted by Gasteiger charge is 1.94. The predicted molar refractivity (Wildman–Crippen MR) is 24.3 cm³/mol. The molecule has 0 aromatic rings. The van der Waals surface area contributed by atoms with Gasteiger partial charge in [-0.05, 0) is 12.5 Å². The van der Waals surface area contributed by atoms with Crippen molar-refractivity contribution in [1.82, 2.24) is 0 Å². The van der Waals surface area contributed by atoms with Crippen molar-refractivity contribution in [2.45, 2.75) is 0 Å². The first-order valence-electron chi connectivity index (χ1n) is 1.98. The van der Waals surface area contributed by atoms with Gasteiger partial charge in [-0.1, -0.05) is 6.08 Å². The van der Waals surface area contributed by atoms with Crippen molar-refractivity contribution in [1.29, 1.82) is 0 Å². The molecule has 1 heterocycles. The van der Waals surface area contributed by atoms with Crippen LogP contribution in [0, 0.1) is 6.92 Å². The minimum absolute atomic E-state index is 0.736. The van der Waals surface area contributed by atoms with Crippen LogP contribution in [0.5, 0.6) is 0 Å². The van der Waals surface area contributed by atoms with Gasteiger partial charge in [-0.2, -0.15) is 0 Å². The van der Waals surface area contributed by atoms with Gasteiger partial charge in [0.25, 0.3) is 0 Å². The fraction of sp³-hybridized carbons (Fsp3) is 0.400. The van der Waals surface area contributed by atoms with Gasteiger partial charge in [-0.25, -0.2) is 0 Å². The largest absolute Gasteiger partial charge is 0.373 e. The summed E-state index contributed by atoms with van der Waals surface area (Å²) in [6.45, 7) is 5.17. The first kappa shape index (κ1) is 3.88. The number of rotatable bonds is 0. The highest BCUT2D eigenvalue weighted by atomic mass is 16.5. The molecule has 0 amide bonds. The van der Waals surface area contributed by atoms with Crippen LogP contribution in [0.3, 0.4) is 0 Å². The Balaban J connectivity index is 2.45. The molecule has 0 atom stereocenters. The van der Waals surface area contributed by atoms with E-state index in [1.54, 1.807) is 0 Å². The van der Waals surface area contributed by atoms with Gasteiger partial charge >= 0.3 is 0 Å². The van der Waals surface area contributed by atoms with E-state index in [9.17, 15) is 0 Å². The van der Waals surface area contributed by atoms with E-state index in [1.165, 1.54) is 0 Å². The molecule has 1 nitrogen and oxygen atoms in total. The number of hydrogen-bond acceptors (Lipinski definition) is 1. The van der Waals surface area contributed by atoms with Gasteiger partial charge in [-0.3, -0.25) is 0 Å². The smallest absolute Gasteiger partial charge is 0.0682 e. The second-order valence-corrected chi connectivity index (χ2v) is 1.38. The quantitative estimate of drug-likeness (QED) is 0.420. The van der Waals surface area contributed by atoms with Crippen LogP contribution in [0.25, 0.3) is 0 Å². The molecule has 1 aliphatic rings. The van der Waals surface area contributed by atoms with Gasteiger partial charge in [0.1, 0.15) is 0 Å². The Labute approximate surface area is 37.6 Å². The lowest BCUT2D eigenvalue weighted by atomic mass is 10.3. The molecule has 0 aliphatic carbocycles. The molecular formula is C5H7O. The Kier molecular flexibility index (Phi) is 0.926. The summed E-state index contributed by atoms with van der Waals surface area (Å²) in [4.78, 5) is 0. The monoisotopic (exact) mass is 83.0 g/mol. The molecule has 0 saturated heterocycles. The maximum absolute atomic E-state index is 4.90. The van der Waals surface area contributed by atoms with E-state index < -0.39 is 0 Å². The van der Waals surface area contributed by atoms with E-state index in [4.69, 9.17) is 4.74 Å². The molecule has 0 spiro atoms. The lowest BCUT2D eigenvalue weighted by Crippen LogP contribution is -1.81. The van der Waals surface area contributed by atoms with E-state index >= 15 is 0 Å². The SMILES string of the molecule is [CH2]C1=CCOC1. The average Bonchev–Trinajstić information content (AvgIpc) is 1.86. The highest BCUT2D eigenvalue weighted by Crippen LogP contribution is 1.99. The summed E-state index contributed by atoms with van der Waals surface area (Å²) >= 11 is 0. The van der Waals surface area contributed by atoms with E-state index in [1.807, 2.05) is 6.08 Å². The fourth-order valence-electron chi connectivity index (χ4n) is 0.426. The second-order valence-electron chi connectivity index (χ2n) is 1.38. The molecule has 0 aromatic heterocycles. The Morgan fingerprint density at radius 2 is 2.67 bits per heavy atom. The second kappa shape index (κ2) is 1.43. The third kappa shape index (κ3) is 0.601. The van der Waals surface area contributed by atoms with Gasteiger partial charge in [0.05, 0.1) is 13.2 Å². The van der Waals surface area contributed by atoms with Gasteiger partial charge in [0, 0.05) is 0 Å². The lowest BCUT2D eigenvalue weighted by molar-refractivity contribution is 0.209. The summed E-state index contributed by atoms with van der Waals surface area (Å²) < 4.78 is 4.90. The Bertz CT molecular complexity index is 74.0. The van der Waals surface area contributed by atoms with Crippen molar-refractivity contribution in [3.63, 3.8) is 0 Å². The first-order valence-corrected chi connectivity index (χ1v) is 1.98. The molecule has 0 unspecified atom stereocenters. The summed E-state index contributed by atoms with van der Waals surface area (Å²) in [6.07, 6.45) is 1.99. The molecule has 1 rings (SSSR count). The van der Waals surface area contributed by atoms with Crippen molar-refractivity contribution in [2.75, 3.05) is 13.2 Å². The summed E-state index contributed by atoms with van der Waals surface area (Å²) in [5, 5.41) is 0. The molecule has 0 fully saturated rings. The Morgan fingerprint density at radius 1 is 1.83 bits per heavy atom. The number of hydrogen-bond donors (Lipinski definition) is 0. The summed E-state index contributed by atoms with van der Waals surface area (Å²) in [6, 6.07) is 0. The Morgan fingerprint density at radius 3 is 2.83 bits per heavy atom. The lowest BCUT2D eigenvalue weighted by Gasteiger charge is -1.83. The normalized spacial score (nSPS) is 21.2. The molecule has 0 N–H and O–H groups in total. The third-order valence-corrected chi connectivity index (χ3v) is 0.777. The van der Waals surface area contributed by atoms with Crippen molar-refractivity contribution in [3.05, 3.63) is 18.6 Å². The van der Waals surface area contributed by atoms with E-state index in [0.29, 0.717) is 0 Å². The van der Waals surface area contributed by atoms with E-state index in [0.717, 1.165) is 18.8 Å². The zero-order valence-electron chi connectivity index (χ0n) is 3.61. The fourth-order valence-corrected chi connectivity index (χ4v) is 0.426. The zero-order chi connectivity index (χ0) is 4.41. The van der Waals surface area contributed by atoms with Crippen LogP contribution in [0.1, 0.15) is 0 Å². The molecule has 0 aromatic carbocycles. The van der Waals surface area contributed by atoms with Crippen molar-refractivity contribution in [2.24, 2.45) is 0 Å². The third-order valence-electron chi connectivity index (χ3n) is 0.777. The Hall–Kier alpha value is -0.300. The van der Waals surface area contributed by atoms with Gasteiger partial charge in [-0.15, -0.1) is 0 Å². The highest BCUT2D eigenvalue weighted by molar-refractivity contribution is 5.09. The van der Waals surface area contributed by atoms with Crippen LogP contribution >= 0.6 is 0 Å². The van der Waals surface area contributed by atoms with Gasteiger partial charge in [0.15, 0.2) is 0 Å². The topological polar surface area (TPSA) is 9.23 Å². The molecule has 1 aliphatic heterocycles. The van der Waals surface area contributed by atoms with Crippen LogP contribution in [0.15, 0.2) is 11.6 Å². The molecule has 0 saturated carbocycles.